The van der Waals surface area contributed by atoms with Crippen molar-refractivity contribution in [2.24, 2.45) is 0 Å². The molecular weight excluding hydrogens is 214 g/mol. The maximum atomic E-state index is 11.6. The van der Waals surface area contributed by atoms with Crippen molar-refractivity contribution in [1.29, 1.82) is 0 Å². The minimum absolute atomic E-state index is 0.115. The Balaban J connectivity index is 1.64. The Kier molecular flexibility index (Phi) is 4.56. The number of carbonyl (C=O) groups excluding carboxylic acids is 1. The van der Waals surface area contributed by atoms with Gasteiger partial charge in [-0.1, -0.05) is 30.3 Å². The van der Waals surface area contributed by atoms with Crippen molar-refractivity contribution in [2.45, 2.75) is 38.3 Å². The van der Waals surface area contributed by atoms with Gasteiger partial charge >= 0.3 is 0 Å². The van der Waals surface area contributed by atoms with E-state index in [0.717, 1.165) is 31.4 Å². The molecule has 3 nitrogen and oxygen atoms in total. The standard InChI is InChI=1S/C14H19NO2/c16-14(9-8-13-7-4-10-17-13)15-11-12-5-2-1-3-6-12/h1-3,5-6,13H,4,7-11H2,(H,15,16)/t13-/m0/s1. The molecule has 0 spiro atoms. The van der Waals surface area contributed by atoms with Gasteiger partial charge in [0.1, 0.15) is 0 Å². The van der Waals surface area contributed by atoms with Crippen LogP contribution in [-0.4, -0.2) is 18.6 Å². The Bertz CT molecular complexity index is 344. The molecule has 0 aromatic heterocycles. The number of benzene rings is 1. The van der Waals surface area contributed by atoms with Crippen LogP contribution in [0.5, 0.6) is 0 Å². The van der Waals surface area contributed by atoms with Crippen LogP contribution in [0.4, 0.5) is 0 Å². The first kappa shape index (κ1) is 12.1. The first-order valence-corrected chi connectivity index (χ1v) is 6.27. The summed E-state index contributed by atoms with van der Waals surface area (Å²) in [7, 11) is 0. The van der Waals surface area contributed by atoms with Crippen LogP contribution >= 0.6 is 0 Å². The maximum Gasteiger partial charge on any atom is 0.220 e. The molecule has 3 heteroatoms. The van der Waals surface area contributed by atoms with Gasteiger partial charge in [0.2, 0.25) is 5.91 Å². The molecule has 1 aliphatic rings. The van der Waals surface area contributed by atoms with Crippen LogP contribution in [0.2, 0.25) is 0 Å². The molecule has 1 atom stereocenters. The molecule has 0 radical (unpaired) electrons. The fraction of sp³-hybridized carbons (Fsp3) is 0.500. The van der Waals surface area contributed by atoms with E-state index in [0.29, 0.717) is 19.1 Å². The van der Waals surface area contributed by atoms with Gasteiger partial charge in [-0.25, -0.2) is 0 Å². The fourth-order valence-corrected chi connectivity index (χ4v) is 2.05. The topological polar surface area (TPSA) is 38.3 Å². The fourth-order valence-electron chi connectivity index (χ4n) is 2.05. The quantitative estimate of drug-likeness (QED) is 0.847. The minimum Gasteiger partial charge on any atom is -0.378 e. The van der Waals surface area contributed by atoms with Crippen molar-refractivity contribution in [2.75, 3.05) is 6.61 Å². The molecule has 1 aliphatic heterocycles. The SMILES string of the molecule is O=C(CC[C@@H]1CCCO1)NCc1ccccc1. The zero-order valence-corrected chi connectivity index (χ0v) is 10.0. The van der Waals surface area contributed by atoms with Crippen molar-refractivity contribution in [3.05, 3.63) is 35.9 Å². The molecule has 92 valence electrons. The summed E-state index contributed by atoms with van der Waals surface area (Å²) in [4.78, 5) is 11.6. The zero-order valence-electron chi connectivity index (χ0n) is 10.0. The average molecular weight is 233 g/mol. The van der Waals surface area contributed by atoms with Crippen molar-refractivity contribution in [1.82, 2.24) is 5.32 Å². The lowest BCUT2D eigenvalue weighted by atomic mass is 10.1. The van der Waals surface area contributed by atoms with Gasteiger partial charge in [-0.3, -0.25) is 4.79 Å². The van der Waals surface area contributed by atoms with Gasteiger partial charge in [-0.15, -0.1) is 0 Å². The van der Waals surface area contributed by atoms with Crippen LogP contribution in [0.15, 0.2) is 30.3 Å². The molecule has 1 fully saturated rings. The number of hydrogen-bond donors (Lipinski definition) is 1. The molecule has 1 aromatic carbocycles. The van der Waals surface area contributed by atoms with Crippen LogP contribution in [0.1, 0.15) is 31.2 Å². The predicted molar refractivity (Wildman–Crippen MR) is 66.5 cm³/mol. The van der Waals surface area contributed by atoms with Crippen LogP contribution in [0, 0.1) is 0 Å². The highest BCUT2D eigenvalue weighted by molar-refractivity contribution is 5.75. The Hall–Kier alpha value is -1.35. The number of rotatable bonds is 5. The third kappa shape index (κ3) is 4.19. The number of hydrogen-bond acceptors (Lipinski definition) is 2. The lowest BCUT2D eigenvalue weighted by Crippen LogP contribution is -2.23. The minimum atomic E-state index is 0.115. The average Bonchev–Trinajstić information content (AvgIpc) is 2.88. The van der Waals surface area contributed by atoms with Crippen LogP contribution in [-0.2, 0) is 16.1 Å². The Morgan fingerprint density at radius 2 is 2.18 bits per heavy atom. The summed E-state index contributed by atoms with van der Waals surface area (Å²) in [6.07, 6.45) is 3.96. The second-order valence-corrected chi connectivity index (χ2v) is 4.44. The maximum absolute atomic E-state index is 11.6. The molecule has 1 heterocycles. The van der Waals surface area contributed by atoms with E-state index in [4.69, 9.17) is 4.74 Å². The van der Waals surface area contributed by atoms with Gasteiger partial charge in [0.15, 0.2) is 0 Å². The van der Waals surface area contributed by atoms with Gasteiger partial charge in [0, 0.05) is 19.6 Å². The van der Waals surface area contributed by atoms with Crippen LogP contribution < -0.4 is 5.32 Å². The largest absolute Gasteiger partial charge is 0.378 e. The summed E-state index contributed by atoms with van der Waals surface area (Å²) in [6, 6.07) is 9.96. The summed E-state index contributed by atoms with van der Waals surface area (Å²) in [5.74, 6) is 0.115. The van der Waals surface area contributed by atoms with E-state index in [1.54, 1.807) is 0 Å². The zero-order chi connectivity index (χ0) is 11.9. The Morgan fingerprint density at radius 3 is 2.88 bits per heavy atom. The van der Waals surface area contributed by atoms with Gasteiger partial charge < -0.3 is 10.1 Å². The molecule has 0 unspecified atom stereocenters. The lowest BCUT2D eigenvalue weighted by molar-refractivity contribution is -0.121. The van der Waals surface area contributed by atoms with E-state index in [-0.39, 0.29) is 5.91 Å². The molecule has 0 saturated carbocycles. The smallest absolute Gasteiger partial charge is 0.220 e. The number of carbonyl (C=O) groups is 1. The molecule has 2 rings (SSSR count). The second kappa shape index (κ2) is 6.40. The van der Waals surface area contributed by atoms with E-state index in [9.17, 15) is 4.79 Å². The van der Waals surface area contributed by atoms with Gasteiger partial charge in [-0.2, -0.15) is 0 Å². The summed E-state index contributed by atoms with van der Waals surface area (Å²) < 4.78 is 5.49. The molecule has 0 aliphatic carbocycles. The van der Waals surface area contributed by atoms with Gasteiger partial charge in [0.05, 0.1) is 6.10 Å². The first-order chi connectivity index (χ1) is 8.34. The van der Waals surface area contributed by atoms with Crippen molar-refractivity contribution < 1.29 is 9.53 Å². The third-order valence-corrected chi connectivity index (χ3v) is 3.05. The highest BCUT2D eigenvalue weighted by Crippen LogP contribution is 2.16. The normalized spacial score (nSPS) is 19.2. The summed E-state index contributed by atoms with van der Waals surface area (Å²) in [5, 5.41) is 2.93. The summed E-state index contributed by atoms with van der Waals surface area (Å²) in [5.41, 5.74) is 1.14. The first-order valence-electron chi connectivity index (χ1n) is 6.27. The van der Waals surface area contributed by atoms with Crippen LogP contribution in [0.3, 0.4) is 0 Å². The Labute approximate surface area is 102 Å². The molecule has 1 saturated heterocycles. The summed E-state index contributed by atoms with van der Waals surface area (Å²) in [6.45, 7) is 1.47. The molecule has 1 amide bonds. The number of amides is 1. The highest BCUT2D eigenvalue weighted by atomic mass is 16.5. The molecule has 0 bridgehead atoms. The molecule has 1 N–H and O–H groups in total. The van der Waals surface area contributed by atoms with E-state index in [1.165, 1.54) is 0 Å². The van der Waals surface area contributed by atoms with Crippen molar-refractivity contribution >= 4 is 5.91 Å². The van der Waals surface area contributed by atoms with Crippen LogP contribution in [0.25, 0.3) is 0 Å². The van der Waals surface area contributed by atoms with Crippen molar-refractivity contribution in [3.63, 3.8) is 0 Å². The Morgan fingerprint density at radius 1 is 1.35 bits per heavy atom. The number of ether oxygens (including phenoxy) is 1. The highest BCUT2D eigenvalue weighted by Gasteiger charge is 2.16. The molecule has 1 aromatic rings. The second-order valence-electron chi connectivity index (χ2n) is 4.44. The molecule has 17 heavy (non-hydrogen) atoms. The predicted octanol–water partition coefficient (Wildman–Crippen LogP) is 2.26. The van der Waals surface area contributed by atoms with Gasteiger partial charge in [0.25, 0.3) is 0 Å². The monoisotopic (exact) mass is 233 g/mol. The van der Waals surface area contributed by atoms with E-state index in [1.807, 2.05) is 30.3 Å². The van der Waals surface area contributed by atoms with E-state index in [2.05, 4.69) is 5.32 Å². The summed E-state index contributed by atoms with van der Waals surface area (Å²) >= 11 is 0. The van der Waals surface area contributed by atoms with E-state index < -0.39 is 0 Å². The molecular formula is C14H19NO2. The third-order valence-electron chi connectivity index (χ3n) is 3.05. The van der Waals surface area contributed by atoms with Gasteiger partial charge in [-0.05, 0) is 24.8 Å². The van der Waals surface area contributed by atoms with E-state index >= 15 is 0 Å². The number of nitrogens with one attached hydrogen (secondary N) is 1. The van der Waals surface area contributed by atoms with Crippen molar-refractivity contribution in [3.8, 4) is 0 Å². The lowest BCUT2D eigenvalue weighted by Gasteiger charge is -2.09.